The number of aliphatic hydroxyl groups is 1. The smallest absolute Gasteiger partial charge is 0.274 e. The van der Waals surface area contributed by atoms with Crippen LogP contribution >= 0.6 is 0 Å². The molecule has 2 aromatic carbocycles. The minimum atomic E-state index is -1.27. The number of nitrogens with zero attached hydrogens (tertiary/aromatic N) is 3. The molecule has 11 heteroatoms. The van der Waals surface area contributed by atoms with Gasteiger partial charge in [-0.1, -0.05) is 59.3 Å². The highest BCUT2D eigenvalue weighted by Crippen LogP contribution is 2.19. The lowest BCUT2D eigenvalue weighted by Gasteiger charge is -2.23. The molecule has 1 aromatic heterocycles. The third-order valence-electron chi connectivity index (χ3n) is 7.18. The van der Waals surface area contributed by atoms with Gasteiger partial charge in [0.15, 0.2) is 11.5 Å². The lowest BCUT2D eigenvalue weighted by atomic mass is 9.90. The summed E-state index contributed by atoms with van der Waals surface area (Å²) in [5.74, 6) is -2.30. The van der Waals surface area contributed by atoms with E-state index in [0.717, 1.165) is 16.7 Å². The predicted octanol–water partition coefficient (Wildman–Crippen LogP) is 3.29. The molecule has 0 bridgehead atoms. The van der Waals surface area contributed by atoms with Crippen molar-refractivity contribution < 1.29 is 28.8 Å². The molecule has 0 radical (unpaired) electrons. The van der Waals surface area contributed by atoms with Crippen molar-refractivity contribution in [1.82, 2.24) is 20.7 Å². The van der Waals surface area contributed by atoms with Crippen molar-refractivity contribution in [3.05, 3.63) is 93.9 Å². The lowest BCUT2D eigenvalue weighted by molar-refractivity contribution is -0.131. The highest BCUT2D eigenvalue weighted by atomic mass is 16.5. The Balaban J connectivity index is 1.79. The van der Waals surface area contributed by atoms with Crippen LogP contribution in [0.15, 0.2) is 64.7 Å². The fraction of sp³-hybridized carbons (Fsp3) is 0.353. The van der Waals surface area contributed by atoms with Gasteiger partial charge in [-0.2, -0.15) is 5.26 Å². The zero-order chi connectivity index (χ0) is 33.1. The Morgan fingerprint density at radius 1 is 1.07 bits per heavy atom. The molecule has 236 valence electrons. The number of carbonyl (C=O) groups excluding carboxylic acids is 4. The van der Waals surface area contributed by atoms with Crippen molar-refractivity contribution in [1.29, 1.82) is 5.26 Å². The van der Waals surface area contributed by atoms with Gasteiger partial charge in [-0.25, -0.2) is 0 Å². The molecule has 11 nitrogen and oxygen atoms in total. The number of ketones is 1. The van der Waals surface area contributed by atoms with E-state index in [1.54, 1.807) is 33.2 Å². The van der Waals surface area contributed by atoms with Crippen LogP contribution in [0, 0.1) is 31.1 Å². The molecule has 3 aromatic rings. The number of carbonyl (C=O) groups is 4. The Hall–Kier alpha value is -5.08. The molecule has 3 rings (SSSR count). The van der Waals surface area contributed by atoms with Gasteiger partial charge in [-0.15, -0.1) is 0 Å². The van der Waals surface area contributed by atoms with Crippen molar-refractivity contribution in [2.75, 3.05) is 14.1 Å². The summed E-state index contributed by atoms with van der Waals surface area (Å²) in [4.78, 5) is 53.2. The Morgan fingerprint density at radius 3 is 2.38 bits per heavy atom. The SMILES string of the molecule is Cc1ccc(CNC(=O)[C@H](CCc2cccc(C=C(C#N)C(=O)N(C)C)c2)CC(=O)[C@@H](NC(=O)c2cc(C)on2)[C@@H](C)O)cc1. The topological polar surface area (TPSA) is 166 Å². The number of hydrogen-bond acceptors (Lipinski definition) is 8. The first-order chi connectivity index (χ1) is 21.4. The second-order valence-corrected chi connectivity index (χ2v) is 11.2. The van der Waals surface area contributed by atoms with Gasteiger partial charge in [0.25, 0.3) is 11.8 Å². The van der Waals surface area contributed by atoms with Crippen LogP contribution in [0.5, 0.6) is 0 Å². The van der Waals surface area contributed by atoms with Crippen LogP contribution in [0.25, 0.3) is 6.08 Å². The van der Waals surface area contributed by atoms with Crippen molar-refractivity contribution in [2.45, 2.75) is 58.7 Å². The molecule has 0 unspecified atom stereocenters. The second kappa shape index (κ2) is 16.1. The number of benzene rings is 2. The molecule has 0 saturated heterocycles. The van der Waals surface area contributed by atoms with E-state index in [2.05, 4.69) is 15.8 Å². The fourth-order valence-corrected chi connectivity index (χ4v) is 4.62. The third-order valence-corrected chi connectivity index (χ3v) is 7.18. The Labute approximate surface area is 262 Å². The molecule has 45 heavy (non-hydrogen) atoms. The normalized spacial score (nSPS) is 13.2. The number of amides is 3. The quantitative estimate of drug-likeness (QED) is 0.184. The van der Waals surface area contributed by atoms with E-state index in [9.17, 15) is 29.5 Å². The molecule has 3 amide bonds. The average Bonchev–Trinajstić information content (AvgIpc) is 3.45. The van der Waals surface area contributed by atoms with Gasteiger partial charge in [-0.05, 0) is 56.4 Å². The molecule has 3 atom stereocenters. The van der Waals surface area contributed by atoms with Gasteiger partial charge in [0, 0.05) is 39.0 Å². The zero-order valence-electron chi connectivity index (χ0n) is 26.2. The summed E-state index contributed by atoms with van der Waals surface area (Å²) >= 11 is 0. The minimum absolute atomic E-state index is 0.0110. The summed E-state index contributed by atoms with van der Waals surface area (Å²) in [6, 6.07) is 17.0. The third kappa shape index (κ3) is 10.3. The van der Waals surface area contributed by atoms with Crippen molar-refractivity contribution in [3.63, 3.8) is 0 Å². The van der Waals surface area contributed by atoms with E-state index >= 15 is 0 Å². The summed E-state index contributed by atoms with van der Waals surface area (Å²) < 4.78 is 4.94. The van der Waals surface area contributed by atoms with Gasteiger partial charge in [-0.3, -0.25) is 19.2 Å². The average molecular weight is 614 g/mol. The zero-order valence-corrected chi connectivity index (χ0v) is 26.2. The van der Waals surface area contributed by atoms with Crippen LogP contribution in [0.4, 0.5) is 0 Å². The molecule has 0 aliphatic carbocycles. The van der Waals surface area contributed by atoms with Gasteiger partial charge in [0.05, 0.1) is 6.10 Å². The van der Waals surface area contributed by atoms with Crippen molar-refractivity contribution in [2.24, 2.45) is 5.92 Å². The Morgan fingerprint density at radius 2 is 1.78 bits per heavy atom. The van der Waals surface area contributed by atoms with Gasteiger partial charge < -0.3 is 25.2 Å². The van der Waals surface area contributed by atoms with Crippen LogP contribution in [0.1, 0.15) is 58.3 Å². The monoisotopic (exact) mass is 613 g/mol. The van der Waals surface area contributed by atoms with Gasteiger partial charge in [0.1, 0.15) is 23.4 Å². The maximum absolute atomic E-state index is 13.4. The largest absolute Gasteiger partial charge is 0.391 e. The number of aromatic nitrogens is 1. The molecule has 0 saturated carbocycles. The summed E-state index contributed by atoms with van der Waals surface area (Å²) in [7, 11) is 3.14. The molecule has 3 N–H and O–H groups in total. The summed E-state index contributed by atoms with van der Waals surface area (Å²) in [5.41, 5.74) is 3.43. The number of Topliss-reactive ketones (excluding diaryl/α,β-unsaturated/α-hetero) is 1. The van der Waals surface area contributed by atoms with Crippen LogP contribution in [-0.2, 0) is 27.3 Å². The number of nitrogens with one attached hydrogen (secondary N) is 2. The molecule has 1 heterocycles. The molecule has 0 aliphatic heterocycles. The predicted molar refractivity (Wildman–Crippen MR) is 167 cm³/mol. The maximum atomic E-state index is 13.4. The van der Waals surface area contributed by atoms with Crippen LogP contribution in [0.3, 0.4) is 0 Å². The van der Waals surface area contributed by atoms with Crippen LogP contribution < -0.4 is 10.6 Å². The summed E-state index contributed by atoms with van der Waals surface area (Å²) in [6.45, 7) is 5.25. The Kier molecular flexibility index (Phi) is 12.3. The van der Waals surface area contributed by atoms with Crippen molar-refractivity contribution in [3.8, 4) is 6.07 Å². The van der Waals surface area contributed by atoms with Crippen molar-refractivity contribution >= 4 is 29.6 Å². The highest BCUT2D eigenvalue weighted by Gasteiger charge is 2.31. The lowest BCUT2D eigenvalue weighted by Crippen LogP contribution is -2.49. The summed E-state index contributed by atoms with van der Waals surface area (Å²) in [6.07, 6.45) is 0.735. The highest BCUT2D eigenvalue weighted by molar-refractivity contribution is 6.01. The van der Waals surface area contributed by atoms with E-state index in [1.807, 2.05) is 49.4 Å². The maximum Gasteiger partial charge on any atom is 0.274 e. The van der Waals surface area contributed by atoms with E-state index in [-0.39, 0.29) is 36.6 Å². The van der Waals surface area contributed by atoms with E-state index in [1.165, 1.54) is 24.0 Å². The Bertz CT molecular complexity index is 1580. The van der Waals surface area contributed by atoms with Gasteiger partial charge in [0.2, 0.25) is 5.91 Å². The molecule has 0 fully saturated rings. The number of likely N-dealkylation sites (N-methyl/N-ethyl adjacent to an activating group) is 1. The molecule has 0 aliphatic rings. The van der Waals surface area contributed by atoms with Crippen LogP contribution in [0.2, 0.25) is 0 Å². The fourth-order valence-electron chi connectivity index (χ4n) is 4.62. The molecular formula is C34H39N5O6. The number of rotatable bonds is 14. The second-order valence-electron chi connectivity index (χ2n) is 11.2. The van der Waals surface area contributed by atoms with E-state index in [0.29, 0.717) is 17.7 Å². The number of nitriles is 1. The first kappa shape index (κ1) is 34.4. The molecular weight excluding hydrogens is 574 g/mol. The molecule has 0 spiro atoms. The minimum Gasteiger partial charge on any atom is -0.391 e. The standard InChI is InChI=1S/C34H39N5O6/c1-21-9-11-25(12-10-21)20-36-32(42)27(18-30(41)31(23(3)40)37-33(43)29-15-22(2)45-38-29)14-13-24-7-6-8-26(16-24)17-28(19-35)34(44)39(4)5/h6-12,15-17,23,27,31,40H,13-14,18,20H2,1-5H3,(H,36,42)(H,37,43)/t23-,27-,31+/m1/s1. The number of aliphatic hydroxyl groups excluding tert-OH is 1. The number of hydrogen-bond donors (Lipinski definition) is 3. The number of aryl methyl sites for hydroxylation is 3. The van der Waals surface area contributed by atoms with Crippen LogP contribution in [-0.4, -0.2) is 64.9 Å². The van der Waals surface area contributed by atoms with E-state index < -0.39 is 35.7 Å². The van der Waals surface area contributed by atoms with E-state index in [4.69, 9.17) is 4.52 Å². The first-order valence-electron chi connectivity index (χ1n) is 14.6. The summed E-state index contributed by atoms with van der Waals surface area (Å²) in [5, 5.41) is 28.9. The van der Waals surface area contributed by atoms with Gasteiger partial charge >= 0.3 is 0 Å². The first-order valence-corrected chi connectivity index (χ1v) is 14.6.